The fraction of sp³-hybridized carbons (Fsp3) is 0.231. The second-order valence-electron chi connectivity index (χ2n) is 4.08. The third-order valence-electron chi connectivity index (χ3n) is 2.58. The van der Waals surface area contributed by atoms with Crippen molar-refractivity contribution in [2.75, 3.05) is 11.9 Å². The zero-order chi connectivity index (χ0) is 14.4. The predicted molar refractivity (Wildman–Crippen MR) is 76.7 cm³/mol. The van der Waals surface area contributed by atoms with E-state index >= 15 is 0 Å². The molecule has 1 heterocycles. The summed E-state index contributed by atoms with van der Waals surface area (Å²) in [4.78, 5) is 7.95. The van der Waals surface area contributed by atoms with Gasteiger partial charge < -0.3 is 5.32 Å². The molecule has 1 aromatic heterocycles. The highest BCUT2D eigenvalue weighted by Crippen LogP contribution is 2.08. The average Bonchev–Trinajstić information content (AvgIpc) is 2.47. The van der Waals surface area contributed by atoms with Crippen LogP contribution in [0.2, 0.25) is 0 Å². The van der Waals surface area contributed by atoms with E-state index in [-0.39, 0.29) is 11.4 Å². The molecule has 0 saturated heterocycles. The van der Waals surface area contributed by atoms with E-state index in [1.165, 1.54) is 12.4 Å². The number of aromatic nitrogens is 2. The molecule has 0 unspecified atom stereocenters. The predicted octanol–water partition coefficient (Wildman–Crippen LogP) is 1.39. The lowest BCUT2D eigenvalue weighted by molar-refractivity contribution is 0.580. The third-order valence-corrected chi connectivity index (χ3v) is 3.94. The van der Waals surface area contributed by atoms with Crippen molar-refractivity contribution in [2.45, 2.75) is 18.4 Å². The fourth-order valence-corrected chi connectivity index (χ4v) is 2.47. The van der Waals surface area contributed by atoms with Gasteiger partial charge in [0.25, 0.3) is 0 Å². The monoisotopic (exact) mass is 292 g/mol. The molecule has 1 aromatic carbocycles. The molecular formula is C13H16N4O2S. The summed E-state index contributed by atoms with van der Waals surface area (Å²) in [5.41, 5.74) is 0.890. The second-order valence-corrected chi connectivity index (χ2v) is 5.85. The lowest BCUT2D eigenvalue weighted by Gasteiger charge is -2.07. The van der Waals surface area contributed by atoms with Gasteiger partial charge in [0.1, 0.15) is 4.90 Å². The maximum atomic E-state index is 12.1. The molecule has 20 heavy (non-hydrogen) atoms. The summed E-state index contributed by atoms with van der Waals surface area (Å²) in [5, 5.41) is 2.91. The van der Waals surface area contributed by atoms with Crippen LogP contribution in [-0.4, -0.2) is 24.9 Å². The smallest absolute Gasteiger partial charge is 0.243 e. The van der Waals surface area contributed by atoms with Gasteiger partial charge in [-0.2, -0.15) is 0 Å². The van der Waals surface area contributed by atoms with Gasteiger partial charge in [0.2, 0.25) is 16.0 Å². The highest BCUT2D eigenvalue weighted by Gasteiger charge is 2.14. The summed E-state index contributed by atoms with van der Waals surface area (Å²) < 4.78 is 26.6. The van der Waals surface area contributed by atoms with Crippen LogP contribution in [-0.2, 0) is 16.6 Å². The van der Waals surface area contributed by atoms with E-state index in [1.54, 1.807) is 0 Å². The quantitative estimate of drug-likeness (QED) is 0.840. The molecular weight excluding hydrogens is 276 g/mol. The summed E-state index contributed by atoms with van der Waals surface area (Å²) in [7, 11) is -3.59. The number of hydrogen-bond donors (Lipinski definition) is 2. The van der Waals surface area contributed by atoms with E-state index < -0.39 is 10.0 Å². The van der Waals surface area contributed by atoms with Gasteiger partial charge in [-0.1, -0.05) is 30.3 Å². The van der Waals surface area contributed by atoms with Gasteiger partial charge in [-0.3, -0.25) is 0 Å². The first kappa shape index (κ1) is 14.4. The molecule has 7 heteroatoms. The SMILES string of the molecule is CCNc1ncc(S(=O)(=O)NCc2ccccc2)cn1. The maximum absolute atomic E-state index is 12.1. The van der Waals surface area contributed by atoms with Gasteiger partial charge in [0, 0.05) is 13.1 Å². The van der Waals surface area contributed by atoms with Crippen LogP contribution in [0.15, 0.2) is 47.6 Å². The Morgan fingerprint density at radius 3 is 2.35 bits per heavy atom. The summed E-state index contributed by atoms with van der Waals surface area (Å²) >= 11 is 0. The van der Waals surface area contributed by atoms with Gasteiger partial charge in [-0.25, -0.2) is 23.1 Å². The molecule has 6 nitrogen and oxygen atoms in total. The number of nitrogens with zero attached hydrogens (tertiary/aromatic N) is 2. The van der Waals surface area contributed by atoms with Crippen molar-refractivity contribution in [3.8, 4) is 0 Å². The second kappa shape index (κ2) is 6.44. The zero-order valence-electron chi connectivity index (χ0n) is 11.1. The van der Waals surface area contributed by atoms with E-state index in [1.807, 2.05) is 37.3 Å². The van der Waals surface area contributed by atoms with Crippen LogP contribution < -0.4 is 10.0 Å². The molecule has 0 fully saturated rings. The molecule has 0 aliphatic carbocycles. The number of sulfonamides is 1. The first-order valence-corrected chi connectivity index (χ1v) is 7.69. The molecule has 0 aliphatic heterocycles. The van der Waals surface area contributed by atoms with Crippen molar-refractivity contribution in [1.82, 2.24) is 14.7 Å². The molecule has 0 spiro atoms. The summed E-state index contributed by atoms with van der Waals surface area (Å²) in [6.07, 6.45) is 2.58. The van der Waals surface area contributed by atoms with Gasteiger partial charge in [-0.05, 0) is 12.5 Å². The van der Waals surface area contributed by atoms with Crippen molar-refractivity contribution >= 4 is 16.0 Å². The van der Waals surface area contributed by atoms with Gasteiger partial charge in [0.05, 0.1) is 12.4 Å². The van der Waals surface area contributed by atoms with E-state index in [9.17, 15) is 8.42 Å². The minimum atomic E-state index is -3.59. The van der Waals surface area contributed by atoms with Crippen LogP contribution in [0.4, 0.5) is 5.95 Å². The number of anilines is 1. The Labute approximate surface area is 118 Å². The highest BCUT2D eigenvalue weighted by atomic mass is 32.2. The first-order valence-electron chi connectivity index (χ1n) is 6.21. The van der Waals surface area contributed by atoms with Crippen LogP contribution >= 0.6 is 0 Å². The van der Waals surface area contributed by atoms with Crippen LogP contribution in [0.3, 0.4) is 0 Å². The lowest BCUT2D eigenvalue weighted by Crippen LogP contribution is -2.23. The number of nitrogens with one attached hydrogen (secondary N) is 2. The standard InChI is InChI=1S/C13H16N4O2S/c1-2-14-13-15-9-12(10-16-13)20(18,19)17-8-11-6-4-3-5-7-11/h3-7,9-10,17H,2,8H2,1H3,(H,14,15,16). The average molecular weight is 292 g/mol. The molecule has 2 N–H and O–H groups in total. The Morgan fingerprint density at radius 2 is 1.75 bits per heavy atom. The summed E-state index contributed by atoms with van der Waals surface area (Å²) in [5.74, 6) is 0.412. The molecule has 2 rings (SSSR count). The van der Waals surface area contributed by atoms with Crippen molar-refractivity contribution in [1.29, 1.82) is 0 Å². The summed E-state index contributed by atoms with van der Waals surface area (Å²) in [6, 6.07) is 9.31. The third kappa shape index (κ3) is 3.75. The Morgan fingerprint density at radius 1 is 1.10 bits per heavy atom. The topological polar surface area (TPSA) is 84.0 Å². The van der Waals surface area contributed by atoms with E-state index in [0.717, 1.165) is 5.56 Å². The molecule has 0 bridgehead atoms. The molecule has 0 saturated carbocycles. The van der Waals surface area contributed by atoms with Crippen LogP contribution in [0.25, 0.3) is 0 Å². The number of hydrogen-bond acceptors (Lipinski definition) is 5. The lowest BCUT2D eigenvalue weighted by atomic mass is 10.2. The Bertz CT molecular complexity index is 642. The minimum absolute atomic E-state index is 0.0510. The van der Waals surface area contributed by atoms with E-state index in [2.05, 4.69) is 20.0 Å². The molecule has 2 aromatic rings. The van der Waals surface area contributed by atoms with Crippen LogP contribution in [0.1, 0.15) is 12.5 Å². The van der Waals surface area contributed by atoms with E-state index in [4.69, 9.17) is 0 Å². The van der Waals surface area contributed by atoms with Gasteiger partial charge in [0.15, 0.2) is 0 Å². The Balaban J connectivity index is 2.06. The van der Waals surface area contributed by atoms with Crippen molar-refractivity contribution in [2.24, 2.45) is 0 Å². The minimum Gasteiger partial charge on any atom is -0.355 e. The van der Waals surface area contributed by atoms with Crippen LogP contribution in [0.5, 0.6) is 0 Å². The zero-order valence-corrected chi connectivity index (χ0v) is 11.9. The van der Waals surface area contributed by atoms with E-state index in [0.29, 0.717) is 12.5 Å². The van der Waals surface area contributed by atoms with Crippen molar-refractivity contribution in [3.05, 3.63) is 48.3 Å². The first-order chi connectivity index (χ1) is 9.62. The molecule has 0 atom stereocenters. The highest BCUT2D eigenvalue weighted by molar-refractivity contribution is 7.89. The Kier molecular flexibility index (Phi) is 4.65. The summed E-state index contributed by atoms with van der Waals surface area (Å²) in [6.45, 7) is 2.83. The fourth-order valence-electron chi connectivity index (χ4n) is 1.56. The molecule has 0 aliphatic rings. The van der Waals surface area contributed by atoms with Crippen molar-refractivity contribution in [3.63, 3.8) is 0 Å². The largest absolute Gasteiger partial charge is 0.355 e. The molecule has 106 valence electrons. The normalized spacial score (nSPS) is 11.2. The van der Waals surface area contributed by atoms with Gasteiger partial charge >= 0.3 is 0 Å². The van der Waals surface area contributed by atoms with Crippen LogP contribution in [0, 0.1) is 0 Å². The Hall–Kier alpha value is -1.99. The maximum Gasteiger partial charge on any atom is 0.243 e. The molecule has 0 amide bonds. The van der Waals surface area contributed by atoms with Gasteiger partial charge in [-0.15, -0.1) is 0 Å². The molecule has 0 radical (unpaired) electrons. The van der Waals surface area contributed by atoms with Crippen molar-refractivity contribution < 1.29 is 8.42 Å². The number of benzene rings is 1. The number of rotatable bonds is 6.